The van der Waals surface area contributed by atoms with Gasteiger partial charge in [0.1, 0.15) is 6.79 Å². The van der Waals surface area contributed by atoms with Gasteiger partial charge in [0, 0.05) is 13.7 Å². The average Bonchev–Trinajstić information content (AvgIpc) is 2.47. The predicted octanol–water partition coefficient (Wildman–Crippen LogP) is 4.64. The van der Waals surface area contributed by atoms with E-state index in [9.17, 15) is 0 Å². The van der Waals surface area contributed by atoms with Crippen molar-refractivity contribution in [2.45, 2.75) is 83.5 Å². The van der Waals surface area contributed by atoms with Crippen LogP contribution in [0.15, 0.2) is 0 Å². The van der Waals surface area contributed by atoms with Gasteiger partial charge in [-0.3, -0.25) is 0 Å². The molecule has 0 aliphatic rings. The van der Waals surface area contributed by atoms with Gasteiger partial charge >= 0.3 is 0 Å². The summed E-state index contributed by atoms with van der Waals surface area (Å²) < 4.78 is 10.1. The summed E-state index contributed by atoms with van der Waals surface area (Å²) in [6.45, 7) is 2.14. The van der Waals surface area contributed by atoms with Gasteiger partial charge in [0.05, 0.1) is 0 Å². The fourth-order valence-electron chi connectivity index (χ4n) is 2.44. The zero-order valence-electron chi connectivity index (χ0n) is 13.7. The summed E-state index contributed by atoms with van der Waals surface area (Å²) in [6.07, 6.45) is 17.6. The van der Waals surface area contributed by atoms with Crippen molar-refractivity contribution in [3.63, 3.8) is 0 Å². The first-order chi connectivity index (χ1) is 9.91. The molecule has 0 radical (unpaired) electrons. The Morgan fingerprint density at radius 2 is 1.00 bits per heavy atom. The van der Waals surface area contributed by atoms with Gasteiger partial charge in [-0.2, -0.15) is 0 Å². The molecule has 0 atom stereocenters. The number of ether oxygens (including phenoxy) is 2. The maximum absolute atomic E-state index is 5.48. The van der Waals surface area contributed by atoms with Crippen molar-refractivity contribution in [2.75, 3.05) is 27.1 Å². The van der Waals surface area contributed by atoms with E-state index >= 15 is 0 Å². The van der Waals surface area contributed by atoms with Gasteiger partial charge in [-0.25, -0.2) is 0 Å². The van der Waals surface area contributed by atoms with E-state index < -0.39 is 0 Å². The van der Waals surface area contributed by atoms with Crippen molar-refractivity contribution in [3.05, 3.63) is 0 Å². The summed E-state index contributed by atoms with van der Waals surface area (Å²) >= 11 is 0. The van der Waals surface area contributed by atoms with Crippen molar-refractivity contribution in [1.29, 1.82) is 0 Å². The molecule has 0 rings (SSSR count). The molecule has 0 aromatic rings. The molecule has 0 fully saturated rings. The third-order valence-corrected chi connectivity index (χ3v) is 3.69. The predicted molar refractivity (Wildman–Crippen MR) is 86.9 cm³/mol. The lowest BCUT2D eigenvalue weighted by molar-refractivity contribution is -0.0315. The topological polar surface area (TPSA) is 44.5 Å². The van der Waals surface area contributed by atoms with E-state index in [4.69, 9.17) is 15.2 Å². The normalized spacial score (nSPS) is 11.1. The van der Waals surface area contributed by atoms with Crippen LogP contribution in [-0.4, -0.2) is 27.1 Å². The summed E-state index contributed by atoms with van der Waals surface area (Å²) in [4.78, 5) is 0. The Kier molecular flexibility index (Phi) is 18.8. The zero-order valence-corrected chi connectivity index (χ0v) is 13.7. The molecule has 0 heterocycles. The van der Waals surface area contributed by atoms with Crippen LogP contribution in [0, 0.1) is 0 Å². The summed E-state index contributed by atoms with van der Waals surface area (Å²) in [7, 11) is 1.67. The molecule has 122 valence electrons. The molecule has 0 unspecified atom stereocenters. The highest BCUT2D eigenvalue weighted by molar-refractivity contribution is 4.49. The van der Waals surface area contributed by atoms with Crippen LogP contribution < -0.4 is 5.73 Å². The van der Waals surface area contributed by atoms with E-state index in [1.165, 1.54) is 83.5 Å². The number of methoxy groups -OCH3 is 1. The average molecular weight is 287 g/mol. The molecule has 0 bridgehead atoms. The standard InChI is InChI=1S/C17H37NO2/c1-19-17-20-16-14-12-10-8-6-4-2-3-5-7-9-11-13-15-18/h2-18H2,1H3. The molecule has 0 aromatic carbocycles. The van der Waals surface area contributed by atoms with Crippen LogP contribution in [-0.2, 0) is 9.47 Å². The van der Waals surface area contributed by atoms with Crippen LogP contribution in [0.1, 0.15) is 83.5 Å². The third kappa shape index (κ3) is 17.9. The molecule has 2 N–H and O–H groups in total. The monoisotopic (exact) mass is 287 g/mol. The quantitative estimate of drug-likeness (QED) is 0.313. The minimum absolute atomic E-state index is 0.437. The van der Waals surface area contributed by atoms with E-state index in [-0.39, 0.29) is 0 Å². The van der Waals surface area contributed by atoms with E-state index in [0.29, 0.717) is 6.79 Å². The number of hydrogen-bond donors (Lipinski definition) is 1. The summed E-state index contributed by atoms with van der Waals surface area (Å²) in [5.74, 6) is 0. The van der Waals surface area contributed by atoms with Crippen LogP contribution in [0.4, 0.5) is 0 Å². The van der Waals surface area contributed by atoms with Crippen LogP contribution in [0.3, 0.4) is 0 Å². The molecule has 3 nitrogen and oxygen atoms in total. The van der Waals surface area contributed by atoms with E-state index in [0.717, 1.165) is 13.2 Å². The first-order valence-electron chi connectivity index (χ1n) is 8.68. The summed E-state index contributed by atoms with van der Waals surface area (Å²) in [6, 6.07) is 0. The largest absolute Gasteiger partial charge is 0.359 e. The number of unbranched alkanes of at least 4 members (excludes halogenated alkanes) is 12. The number of rotatable bonds is 17. The second-order valence-electron chi connectivity index (χ2n) is 5.70. The highest BCUT2D eigenvalue weighted by Crippen LogP contribution is 2.12. The van der Waals surface area contributed by atoms with Crippen molar-refractivity contribution < 1.29 is 9.47 Å². The Morgan fingerprint density at radius 1 is 0.600 bits per heavy atom. The van der Waals surface area contributed by atoms with Gasteiger partial charge in [0.15, 0.2) is 0 Å². The number of nitrogens with two attached hydrogens (primary N) is 1. The molecule has 0 amide bonds. The zero-order chi connectivity index (χ0) is 14.7. The SMILES string of the molecule is COCOCCCCCCCCCCCCCCCN. The van der Waals surface area contributed by atoms with Gasteiger partial charge in [-0.1, -0.05) is 70.6 Å². The molecule has 0 saturated carbocycles. The van der Waals surface area contributed by atoms with Gasteiger partial charge in [0.2, 0.25) is 0 Å². The maximum Gasteiger partial charge on any atom is 0.146 e. The molecular weight excluding hydrogens is 250 g/mol. The number of hydrogen-bond acceptors (Lipinski definition) is 3. The lowest BCUT2D eigenvalue weighted by Crippen LogP contribution is -1.98. The molecule has 0 saturated heterocycles. The van der Waals surface area contributed by atoms with Crippen LogP contribution in [0.25, 0.3) is 0 Å². The summed E-state index contributed by atoms with van der Waals surface area (Å²) in [5, 5.41) is 0. The van der Waals surface area contributed by atoms with Crippen molar-refractivity contribution >= 4 is 0 Å². The Morgan fingerprint density at radius 3 is 1.40 bits per heavy atom. The Balaban J connectivity index is 2.89. The Hall–Kier alpha value is -0.120. The van der Waals surface area contributed by atoms with Gasteiger partial charge in [0.25, 0.3) is 0 Å². The van der Waals surface area contributed by atoms with E-state index in [1.54, 1.807) is 7.11 Å². The highest BCUT2D eigenvalue weighted by Gasteiger charge is 1.94. The highest BCUT2D eigenvalue weighted by atomic mass is 16.7. The fraction of sp³-hybridized carbons (Fsp3) is 1.00. The van der Waals surface area contributed by atoms with E-state index in [1.807, 2.05) is 0 Å². The lowest BCUT2D eigenvalue weighted by Gasteiger charge is -2.04. The molecule has 3 heteroatoms. The Bertz CT molecular complexity index is 147. The smallest absolute Gasteiger partial charge is 0.146 e. The summed E-state index contributed by atoms with van der Waals surface area (Å²) in [5.41, 5.74) is 5.48. The van der Waals surface area contributed by atoms with Gasteiger partial charge in [-0.15, -0.1) is 0 Å². The molecule has 0 aromatic heterocycles. The minimum Gasteiger partial charge on any atom is -0.359 e. The molecule has 20 heavy (non-hydrogen) atoms. The van der Waals surface area contributed by atoms with Crippen molar-refractivity contribution in [2.24, 2.45) is 5.73 Å². The second kappa shape index (κ2) is 18.9. The van der Waals surface area contributed by atoms with E-state index in [2.05, 4.69) is 0 Å². The third-order valence-electron chi connectivity index (χ3n) is 3.69. The van der Waals surface area contributed by atoms with Crippen molar-refractivity contribution in [3.8, 4) is 0 Å². The molecule has 0 aliphatic heterocycles. The van der Waals surface area contributed by atoms with Crippen LogP contribution >= 0.6 is 0 Å². The molecule has 0 spiro atoms. The second-order valence-corrected chi connectivity index (χ2v) is 5.70. The van der Waals surface area contributed by atoms with Gasteiger partial charge < -0.3 is 15.2 Å². The Labute approximate surface area is 126 Å². The van der Waals surface area contributed by atoms with Crippen LogP contribution in [0.5, 0.6) is 0 Å². The maximum atomic E-state index is 5.48. The minimum atomic E-state index is 0.437. The van der Waals surface area contributed by atoms with Crippen LogP contribution in [0.2, 0.25) is 0 Å². The lowest BCUT2D eigenvalue weighted by atomic mass is 10.0. The first-order valence-corrected chi connectivity index (χ1v) is 8.68. The molecular formula is C17H37NO2. The fourth-order valence-corrected chi connectivity index (χ4v) is 2.44. The van der Waals surface area contributed by atoms with Crippen molar-refractivity contribution in [1.82, 2.24) is 0 Å². The van der Waals surface area contributed by atoms with Gasteiger partial charge in [-0.05, 0) is 19.4 Å². The molecule has 0 aliphatic carbocycles. The first kappa shape index (κ1) is 19.9.